The maximum absolute atomic E-state index is 13.6. The zero-order chi connectivity index (χ0) is 25.1. The number of carbonyl (C=O) groups is 1. The number of aryl methyl sites for hydroxylation is 2. The van der Waals surface area contributed by atoms with Crippen LogP contribution in [0.4, 0.5) is 0 Å². The van der Waals surface area contributed by atoms with Crippen LogP contribution in [0.5, 0.6) is 17.2 Å². The van der Waals surface area contributed by atoms with Crippen molar-refractivity contribution in [1.29, 1.82) is 0 Å². The third-order valence-electron chi connectivity index (χ3n) is 6.14. The van der Waals surface area contributed by atoms with Gasteiger partial charge in [-0.3, -0.25) is 4.79 Å². The molecular formula is C29H43LiO4P. The number of unbranched alkanes of at least 4 members (excludes halogenated alkanes) is 3. The fraction of sp³-hybridized carbons (Fsp3) is 0.552. The first-order valence-electron chi connectivity index (χ1n) is 12.8. The van der Waals surface area contributed by atoms with Crippen LogP contribution < -0.4 is 19.5 Å². The van der Waals surface area contributed by atoms with Crippen LogP contribution in [0.15, 0.2) is 18.2 Å². The number of benzene rings is 2. The Kier molecular flexibility index (Phi) is 14.7. The van der Waals surface area contributed by atoms with Crippen LogP contribution >= 0.6 is 8.58 Å². The van der Waals surface area contributed by atoms with E-state index in [-0.39, 0.29) is 33.0 Å². The zero-order valence-corrected chi connectivity index (χ0v) is 24.2. The summed E-state index contributed by atoms with van der Waals surface area (Å²) in [6.07, 6.45) is 6.07. The van der Waals surface area contributed by atoms with Gasteiger partial charge in [0.05, 0.1) is 25.1 Å². The van der Waals surface area contributed by atoms with Crippen LogP contribution in [-0.2, 0) is 0 Å². The molecule has 0 aliphatic carbocycles. The van der Waals surface area contributed by atoms with Crippen LogP contribution in [0.2, 0.25) is 0 Å². The number of hydrogen-bond acceptors (Lipinski definition) is 4. The molecular weight excluding hydrogens is 450 g/mol. The second kappa shape index (κ2) is 16.3. The Morgan fingerprint density at radius 2 is 1.20 bits per heavy atom. The number of rotatable bonds is 15. The van der Waals surface area contributed by atoms with Gasteiger partial charge in [0.2, 0.25) is 0 Å². The Morgan fingerprint density at radius 3 is 1.69 bits per heavy atom. The van der Waals surface area contributed by atoms with Gasteiger partial charge in [-0.1, -0.05) is 46.1 Å². The van der Waals surface area contributed by atoms with Crippen molar-refractivity contribution in [2.45, 2.75) is 87.0 Å². The van der Waals surface area contributed by atoms with E-state index in [0.29, 0.717) is 31.3 Å². The molecule has 0 spiro atoms. The summed E-state index contributed by atoms with van der Waals surface area (Å²) in [5, 5.41) is 0.845. The van der Waals surface area contributed by atoms with Gasteiger partial charge < -0.3 is 14.2 Å². The van der Waals surface area contributed by atoms with Gasteiger partial charge in [-0.05, 0) is 77.8 Å². The first-order valence-corrected chi connectivity index (χ1v) is 13.8. The van der Waals surface area contributed by atoms with Crippen molar-refractivity contribution in [3.05, 3.63) is 46.0 Å². The monoisotopic (exact) mass is 493 g/mol. The Hall–Kier alpha value is -1.46. The minimum absolute atomic E-state index is 0. The summed E-state index contributed by atoms with van der Waals surface area (Å²) < 4.78 is 18.4. The molecule has 1 unspecified atom stereocenters. The van der Waals surface area contributed by atoms with Crippen molar-refractivity contribution in [3.8, 4) is 17.2 Å². The zero-order valence-electron chi connectivity index (χ0n) is 23.2. The average molecular weight is 494 g/mol. The van der Waals surface area contributed by atoms with Crippen molar-refractivity contribution in [2.75, 3.05) is 19.8 Å². The predicted octanol–water partition coefficient (Wildman–Crippen LogP) is 7.22. The molecule has 0 saturated heterocycles. The SMILES string of the molecule is CCCCOc1cc(OCCCC)c(PC(=O)c2c(C)cc(C)c(C)c2C)c(OCCCC)c1.[Li]. The second-order valence-electron chi connectivity index (χ2n) is 8.99. The molecule has 0 bridgehead atoms. The van der Waals surface area contributed by atoms with Gasteiger partial charge >= 0.3 is 0 Å². The standard InChI is InChI=1S/C29H43O4P.Li/c1-8-11-14-31-24-18-25(32-15-12-9-2)28(26(19-24)33-16-13-10-3)34-29(30)27-21(5)17-20(4)22(6)23(27)7;/h17-19,34H,8-16H2,1-7H3;. The number of carbonyl (C=O) groups excluding carboxylic acids is 1. The van der Waals surface area contributed by atoms with E-state index in [1.807, 2.05) is 19.1 Å². The average Bonchev–Trinajstić information content (AvgIpc) is 2.80. The molecule has 0 aliphatic rings. The summed E-state index contributed by atoms with van der Waals surface area (Å²) in [6, 6.07) is 5.99. The molecule has 2 aromatic carbocycles. The second-order valence-corrected chi connectivity index (χ2v) is 10.2. The summed E-state index contributed by atoms with van der Waals surface area (Å²) in [5.41, 5.74) is 5.44. The number of ether oxygens (including phenoxy) is 3. The van der Waals surface area contributed by atoms with Crippen LogP contribution in [0.25, 0.3) is 0 Å². The van der Waals surface area contributed by atoms with Gasteiger partial charge in [0.15, 0.2) is 5.52 Å². The molecule has 2 aromatic rings. The largest absolute Gasteiger partial charge is 0.493 e. The fourth-order valence-corrected chi connectivity index (χ4v) is 5.07. The van der Waals surface area contributed by atoms with Crippen LogP contribution in [-0.4, -0.2) is 44.2 Å². The smallest absolute Gasteiger partial charge is 0.186 e. The molecule has 4 nitrogen and oxygen atoms in total. The van der Waals surface area contributed by atoms with Gasteiger partial charge in [-0.25, -0.2) is 0 Å². The molecule has 0 saturated carbocycles. The van der Waals surface area contributed by atoms with Crippen molar-refractivity contribution < 1.29 is 19.0 Å². The molecule has 0 aliphatic heterocycles. The topological polar surface area (TPSA) is 44.8 Å². The Labute approximate surface area is 226 Å². The van der Waals surface area contributed by atoms with E-state index >= 15 is 0 Å². The molecule has 0 amide bonds. The van der Waals surface area contributed by atoms with Gasteiger partial charge in [0, 0.05) is 36.6 Å². The molecule has 0 aromatic heterocycles. The fourth-order valence-electron chi connectivity index (χ4n) is 3.80. The maximum Gasteiger partial charge on any atom is 0.186 e. The van der Waals surface area contributed by atoms with Crippen molar-refractivity contribution in [1.82, 2.24) is 0 Å². The summed E-state index contributed by atoms with van der Waals surface area (Å²) in [5.74, 6) is 2.16. The maximum atomic E-state index is 13.6. The summed E-state index contributed by atoms with van der Waals surface area (Å²) in [4.78, 5) is 13.6. The third kappa shape index (κ3) is 9.17. The molecule has 189 valence electrons. The molecule has 0 N–H and O–H groups in total. The first-order chi connectivity index (χ1) is 16.3. The van der Waals surface area contributed by atoms with E-state index < -0.39 is 0 Å². The summed E-state index contributed by atoms with van der Waals surface area (Å²) in [6.45, 7) is 16.6. The molecule has 1 atom stereocenters. The Bertz CT molecular complexity index is 927. The van der Waals surface area contributed by atoms with Crippen molar-refractivity contribution in [3.63, 3.8) is 0 Å². The third-order valence-corrected chi connectivity index (χ3v) is 7.36. The van der Waals surface area contributed by atoms with E-state index in [1.165, 1.54) is 11.1 Å². The van der Waals surface area contributed by atoms with E-state index in [0.717, 1.165) is 66.3 Å². The first kappa shape index (κ1) is 31.6. The van der Waals surface area contributed by atoms with E-state index in [1.54, 1.807) is 0 Å². The minimum atomic E-state index is -0.0826. The van der Waals surface area contributed by atoms with Gasteiger partial charge in [-0.2, -0.15) is 0 Å². The van der Waals surface area contributed by atoms with Crippen LogP contribution in [0, 0.1) is 27.7 Å². The van der Waals surface area contributed by atoms with Crippen molar-refractivity contribution in [2.24, 2.45) is 0 Å². The molecule has 2 rings (SSSR count). The quantitative estimate of drug-likeness (QED) is 0.149. The predicted molar refractivity (Wildman–Crippen MR) is 151 cm³/mol. The Morgan fingerprint density at radius 1 is 0.714 bits per heavy atom. The molecule has 6 heteroatoms. The summed E-state index contributed by atoms with van der Waals surface area (Å²) >= 11 is 0. The number of hydrogen-bond donors (Lipinski definition) is 0. The normalized spacial score (nSPS) is 10.9. The van der Waals surface area contributed by atoms with E-state index in [4.69, 9.17) is 14.2 Å². The van der Waals surface area contributed by atoms with Gasteiger partial charge in [0.1, 0.15) is 17.2 Å². The molecule has 0 fully saturated rings. The summed E-state index contributed by atoms with van der Waals surface area (Å²) in [7, 11) is -0.0826. The van der Waals surface area contributed by atoms with E-state index in [2.05, 4.69) is 47.6 Å². The molecule has 35 heavy (non-hydrogen) atoms. The molecule has 0 heterocycles. The van der Waals surface area contributed by atoms with Crippen LogP contribution in [0.3, 0.4) is 0 Å². The van der Waals surface area contributed by atoms with Gasteiger partial charge in [0.25, 0.3) is 0 Å². The van der Waals surface area contributed by atoms with Crippen LogP contribution in [0.1, 0.15) is 91.9 Å². The molecule has 1 radical (unpaired) electrons. The Balaban J connectivity index is 0.00000612. The van der Waals surface area contributed by atoms with Gasteiger partial charge in [-0.15, -0.1) is 0 Å². The minimum Gasteiger partial charge on any atom is -0.493 e. The van der Waals surface area contributed by atoms with E-state index in [9.17, 15) is 4.79 Å². The van der Waals surface area contributed by atoms with Crippen molar-refractivity contribution >= 4 is 38.3 Å².